The largest absolute Gasteiger partial charge is 0.498 e. The van der Waals surface area contributed by atoms with E-state index < -0.39 is 11.7 Å². The van der Waals surface area contributed by atoms with Gasteiger partial charge in [0, 0.05) is 5.92 Å². The second kappa shape index (κ2) is 13.9. The highest BCUT2D eigenvalue weighted by Crippen LogP contribution is 2.31. The van der Waals surface area contributed by atoms with E-state index in [1.165, 1.54) is 14.0 Å². The number of methoxy groups -OCH3 is 1. The minimum absolute atomic E-state index is 0.0289. The minimum atomic E-state index is -0.899. The third kappa shape index (κ3) is 9.00. The van der Waals surface area contributed by atoms with Crippen molar-refractivity contribution in [1.29, 1.82) is 0 Å². The standard InChI is InChI=1S/C24H40F2O3/c1-7-9-10-21-14-13-20(16-29-21)15-28-18(4)12-11-17(3)22(8-2)24(26)23(25)19(5)27-6/h7,17-18,20-21H,1,8-16H2,2-6H3/b23-19-,24-22-. The van der Waals surface area contributed by atoms with Gasteiger partial charge in [-0.1, -0.05) is 19.9 Å². The van der Waals surface area contributed by atoms with Crippen molar-refractivity contribution in [3.8, 4) is 0 Å². The van der Waals surface area contributed by atoms with E-state index in [0.717, 1.165) is 45.1 Å². The van der Waals surface area contributed by atoms with Crippen LogP contribution in [-0.4, -0.2) is 32.5 Å². The number of hydrogen-bond donors (Lipinski definition) is 0. The van der Waals surface area contributed by atoms with Crippen LogP contribution in [0.4, 0.5) is 8.78 Å². The molecule has 1 heterocycles. The van der Waals surface area contributed by atoms with Gasteiger partial charge >= 0.3 is 0 Å². The van der Waals surface area contributed by atoms with Gasteiger partial charge in [-0.15, -0.1) is 6.58 Å². The molecule has 0 radical (unpaired) electrons. The molecule has 0 aromatic carbocycles. The van der Waals surface area contributed by atoms with Crippen molar-refractivity contribution in [2.45, 2.75) is 84.8 Å². The van der Waals surface area contributed by atoms with Crippen LogP contribution in [0.1, 0.15) is 72.6 Å². The fourth-order valence-electron chi connectivity index (χ4n) is 3.67. The van der Waals surface area contributed by atoms with E-state index in [0.29, 0.717) is 30.6 Å². The normalized spacial score (nSPS) is 23.7. The van der Waals surface area contributed by atoms with E-state index in [1.54, 1.807) is 0 Å². The van der Waals surface area contributed by atoms with Crippen LogP contribution in [0.5, 0.6) is 0 Å². The third-order valence-electron chi connectivity index (χ3n) is 5.85. The Labute approximate surface area is 176 Å². The Morgan fingerprint density at radius 1 is 1.21 bits per heavy atom. The van der Waals surface area contributed by atoms with E-state index in [-0.39, 0.29) is 17.8 Å². The Morgan fingerprint density at radius 3 is 2.48 bits per heavy atom. The van der Waals surface area contributed by atoms with Gasteiger partial charge in [0.2, 0.25) is 0 Å². The summed E-state index contributed by atoms with van der Waals surface area (Å²) in [6, 6.07) is 0. The van der Waals surface area contributed by atoms with Crippen LogP contribution in [0.3, 0.4) is 0 Å². The maximum Gasteiger partial charge on any atom is 0.195 e. The first-order valence-electron chi connectivity index (χ1n) is 11.0. The molecule has 1 rings (SSSR count). The average molecular weight is 415 g/mol. The lowest BCUT2D eigenvalue weighted by Crippen LogP contribution is -2.29. The molecule has 3 nitrogen and oxygen atoms in total. The summed E-state index contributed by atoms with van der Waals surface area (Å²) in [4.78, 5) is 0. The first-order chi connectivity index (χ1) is 13.8. The summed E-state index contributed by atoms with van der Waals surface area (Å²) in [5.74, 6) is -1.32. The van der Waals surface area contributed by atoms with E-state index in [9.17, 15) is 8.78 Å². The summed E-state index contributed by atoms with van der Waals surface area (Å²) in [7, 11) is 1.34. The summed E-state index contributed by atoms with van der Waals surface area (Å²) in [5, 5.41) is 0. The summed E-state index contributed by atoms with van der Waals surface area (Å²) >= 11 is 0. The first-order valence-corrected chi connectivity index (χ1v) is 11.0. The Hall–Kier alpha value is -1.20. The Balaban J connectivity index is 2.41. The van der Waals surface area contributed by atoms with Crippen LogP contribution >= 0.6 is 0 Å². The molecule has 1 aliphatic heterocycles. The molecule has 4 unspecified atom stereocenters. The molecule has 0 bridgehead atoms. The first kappa shape index (κ1) is 25.8. The number of hydrogen-bond acceptors (Lipinski definition) is 3. The quantitative estimate of drug-likeness (QED) is 0.184. The Kier molecular flexibility index (Phi) is 12.4. The molecule has 1 fully saturated rings. The van der Waals surface area contributed by atoms with Gasteiger partial charge in [0.15, 0.2) is 11.7 Å². The van der Waals surface area contributed by atoms with Gasteiger partial charge in [-0.25, -0.2) is 8.78 Å². The van der Waals surface area contributed by atoms with Crippen molar-refractivity contribution < 1.29 is 23.0 Å². The number of rotatable bonds is 13. The van der Waals surface area contributed by atoms with Crippen molar-refractivity contribution in [2.75, 3.05) is 20.3 Å². The van der Waals surface area contributed by atoms with Crippen molar-refractivity contribution in [2.24, 2.45) is 11.8 Å². The molecule has 29 heavy (non-hydrogen) atoms. The van der Waals surface area contributed by atoms with Gasteiger partial charge in [0.25, 0.3) is 0 Å². The van der Waals surface area contributed by atoms with E-state index in [2.05, 4.69) is 6.58 Å². The summed E-state index contributed by atoms with van der Waals surface area (Å²) < 4.78 is 45.3. The molecule has 0 spiro atoms. The van der Waals surface area contributed by atoms with Crippen molar-refractivity contribution >= 4 is 0 Å². The zero-order chi connectivity index (χ0) is 21.8. The zero-order valence-electron chi connectivity index (χ0n) is 18.9. The molecule has 4 atom stereocenters. The van der Waals surface area contributed by atoms with Gasteiger partial charge in [-0.05, 0) is 70.3 Å². The molecular formula is C24H40F2O3. The van der Waals surface area contributed by atoms with Crippen LogP contribution in [-0.2, 0) is 14.2 Å². The third-order valence-corrected chi connectivity index (χ3v) is 5.85. The lowest BCUT2D eigenvalue weighted by atomic mass is 9.91. The van der Waals surface area contributed by atoms with Gasteiger partial charge in [-0.3, -0.25) is 0 Å². The fraction of sp³-hybridized carbons (Fsp3) is 0.750. The molecule has 0 N–H and O–H groups in total. The van der Waals surface area contributed by atoms with Gasteiger partial charge in [0.05, 0.1) is 32.5 Å². The highest BCUT2D eigenvalue weighted by molar-refractivity contribution is 5.28. The number of ether oxygens (including phenoxy) is 3. The summed E-state index contributed by atoms with van der Waals surface area (Å²) in [6.45, 7) is 12.5. The number of halogens is 2. The second-order valence-corrected chi connectivity index (χ2v) is 8.15. The van der Waals surface area contributed by atoms with Crippen LogP contribution in [0, 0.1) is 11.8 Å². The molecule has 1 aliphatic rings. The topological polar surface area (TPSA) is 27.7 Å². The molecule has 0 aromatic rings. The zero-order valence-corrected chi connectivity index (χ0v) is 18.9. The molecule has 0 amide bonds. The second-order valence-electron chi connectivity index (χ2n) is 8.15. The predicted octanol–water partition coefficient (Wildman–Crippen LogP) is 7.05. The molecule has 1 saturated heterocycles. The van der Waals surface area contributed by atoms with E-state index in [1.807, 2.05) is 26.8 Å². The monoisotopic (exact) mass is 414 g/mol. The fourth-order valence-corrected chi connectivity index (χ4v) is 3.67. The van der Waals surface area contributed by atoms with Crippen molar-refractivity contribution in [3.63, 3.8) is 0 Å². The summed E-state index contributed by atoms with van der Waals surface area (Å²) in [6.07, 6.45) is 8.67. The van der Waals surface area contributed by atoms with Crippen LogP contribution in [0.25, 0.3) is 0 Å². The lowest BCUT2D eigenvalue weighted by Gasteiger charge is -2.29. The van der Waals surface area contributed by atoms with Crippen LogP contribution < -0.4 is 0 Å². The van der Waals surface area contributed by atoms with Crippen molar-refractivity contribution in [1.82, 2.24) is 0 Å². The minimum Gasteiger partial charge on any atom is -0.498 e. The summed E-state index contributed by atoms with van der Waals surface area (Å²) in [5.41, 5.74) is 0.498. The lowest BCUT2D eigenvalue weighted by molar-refractivity contribution is -0.0570. The van der Waals surface area contributed by atoms with Gasteiger partial charge in [0.1, 0.15) is 5.76 Å². The maximum atomic E-state index is 14.5. The SMILES string of the molecule is C=CCCC1CCC(COC(C)CCC(C)/C(CC)=C(F)/C(F)=C(\C)OC)CO1. The van der Waals surface area contributed by atoms with E-state index in [4.69, 9.17) is 14.2 Å². The van der Waals surface area contributed by atoms with Crippen LogP contribution in [0.15, 0.2) is 35.6 Å². The Morgan fingerprint density at radius 2 is 1.93 bits per heavy atom. The average Bonchev–Trinajstić information content (AvgIpc) is 2.74. The molecule has 0 saturated carbocycles. The predicted molar refractivity (Wildman–Crippen MR) is 115 cm³/mol. The molecule has 5 heteroatoms. The van der Waals surface area contributed by atoms with Gasteiger partial charge in [-0.2, -0.15) is 0 Å². The van der Waals surface area contributed by atoms with Crippen molar-refractivity contribution in [3.05, 3.63) is 35.6 Å². The molecule has 0 aliphatic carbocycles. The Bertz CT molecular complexity index is 548. The van der Waals surface area contributed by atoms with Crippen LogP contribution in [0.2, 0.25) is 0 Å². The van der Waals surface area contributed by atoms with E-state index >= 15 is 0 Å². The maximum absolute atomic E-state index is 14.5. The molecular weight excluding hydrogens is 374 g/mol. The smallest absolute Gasteiger partial charge is 0.195 e. The molecule has 0 aromatic heterocycles. The molecule has 168 valence electrons. The highest BCUT2D eigenvalue weighted by Gasteiger charge is 2.23. The highest BCUT2D eigenvalue weighted by atomic mass is 19.2. The number of allylic oxidation sites excluding steroid dienone is 5. The van der Waals surface area contributed by atoms with Gasteiger partial charge < -0.3 is 14.2 Å².